The predicted octanol–water partition coefficient (Wildman–Crippen LogP) is 2.72. The molecule has 3 heterocycles. The summed E-state index contributed by atoms with van der Waals surface area (Å²) in [7, 11) is 0. The molecule has 7 heteroatoms. The number of rotatable bonds is 4. The van der Waals surface area contributed by atoms with E-state index in [1.165, 1.54) is 29.7 Å². The van der Waals surface area contributed by atoms with Crippen LogP contribution in [0.15, 0.2) is 29.8 Å². The Labute approximate surface area is 192 Å². The van der Waals surface area contributed by atoms with Crippen LogP contribution in [-0.2, 0) is 23.1 Å². The van der Waals surface area contributed by atoms with Gasteiger partial charge in [0, 0.05) is 42.7 Å². The molecular weight excluding hydrogens is 422 g/mol. The summed E-state index contributed by atoms with van der Waals surface area (Å²) < 4.78 is 0. The van der Waals surface area contributed by atoms with Crippen LogP contribution in [0.4, 0.5) is 0 Å². The number of hydrogen-bond donors (Lipinski definition) is 2. The Morgan fingerprint density at radius 2 is 2.00 bits per heavy atom. The molecule has 2 aliphatic carbocycles. The van der Waals surface area contributed by atoms with E-state index < -0.39 is 11.0 Å². The molecule has 6 nitrogen and oxygen atoms in total. The van der Waals surface area contributed by atoms with Crippen molar-refractivity contribution in [3.63, 3.8) is 0 Å². The molecule has 1 saturated carbocycles. The normalized spacial score (nSPS) is 32.2. The van der Waals surface area contributed by atoms with E-state index >= 15 is 0 Å². The fraction of sp³-hybridized carbons (Fsp3) is 0.600. The maximum Gasteiger partial charge on any atom is 0.229 e. The number of aromatic hydroxyl groups is 1. The summed E-state index contributed by atoms with van der Waals surface area (Å²) in [6.45, 7) is 3.26. The van der Waals surface area contributed by atoms with Gasteiger partial charge in [0.05, 0.1) is 12.0 Å². The molecule has 2 saturated heterocycles. The lowest BCUT2D eigenvalue weighted by atomic mass is 9.52. The van der Waals surface area contributed by atoms with Gasteiger partial charge in [-0.3, -0.25) is 9.69 Å². The molecule has 3 fully saturated rings. The van der Waals surface area contributed by atoms with Crippen molar-refractivity contribution in [2.75, 3.05) is 26.2 Å². The number of carbonyl (C=O) groups is 1. The van der Waals surface area contributed by atoms with Crippen LogP contribution in [0.5, 0.6) is 5.75 Å². The van der Waals surface area contributed by atoms with Gasteiger partial charge in [-0.05, 0) is 74.2 Å². The van der Waals surface area contributed by atoms with Gasteiger partial charge in [-0.15, -0.1) is 11.3 Å². The number of phenolic OH excluding ortho intramolecular Hbond substituents is 1. The minimum absolute atomic E-state index is 0.0721. The number of likely N-dealkylation sites (tertiary alicyclic amines) is 2. The Bertz CT molecular complexity index is 1020. The van der Waals surface area contributed by atoms with Gasteiger partial charge in [0.1, 0.15) is 10.8 Å². The van der Waals surface area contributed by atoms with Crippen LogP contribution in [0, 0.1) is 5.92 Å². The number of phenols is 1. The van der Waals surface area contributed by atoms with Crippen LogP contribution >= 0.6 is 11.3 Å². The summed E-state index contributed by atoms with van der Waals surface area (Å²) in [5, 5.41) is 25.5. The van der Waals surface area contributed by atoms with Crippen molar-refractivity contribution in [3.8, 4) is 5.75 Å². The van der Waals surface area contributed by atoms with E-state index in [1.807, 2.05) is 16.3 Å². The summed E-state index contributed by atoms with van der Waals surface area (Å²) in [5.74, 6) is 1.13. The standard InChI is InChI=1S/C25H31N3O3S/c29-19-4-3-18-13-21-25(31)7-11-27(23(30)15-22-26-8-12-32-22)9-5-24(25,20(18)14-19)6-10-28(21)16-17-1-2-17/h3-4,8,12,14,17,21,29,31H,1-2,5-7,9-11,13,15-16H2/t21?,24-,25?/m0/s1. The van der Waals surface area contributed by atoms with Crippen LogP contribution in [-0.4, -0.2) is 68.7 Å². The highest BCUT2D eigenvalue weighted by atomic mass is 32.1. The van der Waals surface area contributed by atoms with E-state index in [0.29, 0.717) is 25.9 Å². The number of amides is 1. The number of thiazole rings is 1. The van der Waals surface area contributed by atoms with Gasteiger partial charge >= 0.3 is 0 Å². The van der Waals surface area contributed by atoms with E-state index in [-0.39, 0.29) is 17.7 Å². The minimum Gasteiger partial charge on any atom is -0.508 e. The van der Waals surface area contributed by atoms with E-state index in [2.05, 4.69) is 16.0 Å². The molecule has 4 aliphatic rings. The van der Waals surface area contributed by atoms with Crippen molar-refractivity contribution >= 4 is 17.2 Å². The zero-order chi connectivity index (χ0) is 21.9. The second-order valence-corrected chi connectivity index (χ2v) is 11.2. The highest BCUT2D eigenvalue weighted by Gasteiger charge is 2.63. The number of aromatic nitrogens is 1. The molecule has 170 valence electrons. The van der Waals surface area contributed by atoms with Gasteiger partial charge in [0.15, 0.2) is 0 Å². The van der Waals surface area contributed by atoms with E-state index in [4.69, 9.17) is 0 Å². The molecule has 2 aromatic rings. The highest BCUT2D eigenvalue weighted by molar-refractivity contribution is 7.09. The first kappa shape index (κ1) is 20.6. The molecule has 6 rings (SSSR count). The second kappa shape index (κ2) is 7.54. The zero-order valence-corrected chi connectivity index (χ0v) is 19.2. The maximum atomic E-state index is 13.1. The number of benzene rings is 1. The average molecular weight is 454 g/mol. The van der Waals surface area contributed by atoms with Crippen molar-refractivity contribution in [2.24, 2.45) is 5.92 Å². The molecule has 1 amide bonds. The Kier molecular flexibility index (Phi) is 4.86. The average Bonchev–Trinajstić information content (AvgIpc) is 3.48. The summed E-state index contributed by atoms with van der Waals surface area (Å²) >= 11 is 1.52. The monoisotopic (exact) mass is 453 g/mol. The van der Waals surface area contributed by atoms with Crippen molar-refractivity contribution in [1.82, 2.24) is 14.8 Å². The number of aliphatic hydroxyl groups is 1. The van der Waals surface area contributed by atoms with E-state index in [9.17, 15) is 15.0 Å². The second-order valence-electron chi connectivity index (χ2n) is 10.2. The van der Waals surface area contributed by atoms with Gasteiger partial charge in [0.25, 0.3) is 0 Å². The third-order valence-electron chi connectivity index (χ3n) is 8.57. The lowest BCUT2D eigenvalue weighted by molar-refractivity contribution is -0.149. The Hall–Kier alpha value is -1.96. The van der Waals surface area contributed by atoms with Crippen LogP contribution in [0.2, 0.25) is 0 Å². The first-order valence-corrected chi connectivity index (χ1v) is 12.8. The molecule has 2 N–H and O–H groups in total. The summed E-state index contributed by atoms with van der Waals surface area (Å²) in [6, 6.07) is 5.79. The molecule has 32 heavy (non-hydrogen) atoms. The van der Waals surface area contributed by atoms with Crippen molar-refractivity contribution in [2.45, 2.75) is 62.0 Å². The van der Waals surface area contributed by atoms with E-state index in [0.717, 1.165) is 48.8 Å². The zero-order valence-electron chi connectivity index (χ0n) is 18.4. The molecule has 2 bridgehead atoms. The topological polar surface area (TPSA) is 76.9 Å². The highest BCUT2D eigenvalue weighted by Crippen LogP contribution is 2.56. The number of hydrogen-bond acceptors (Lipinski definition) is 6. The van der Waals surface area contributed by atoms with Crippen molar-refractivity contribution < 1.29 is 15.0 Å². The van der Waals surface area contributed by atoms with Gasteiger partial charge in [-0.2, -0.15) is 0 Å². The van der Waals surface area contributed by atoms with E-state index in [1.54, 1.807) is 12.3 Å². The number of fused-ring (bicyclic) bond motifs is 1. The van der Waals surface area contributed by atoms with Crippen molar-refractivity contribution in [1.29, 1.82) is 0 Å². The molecule has 1 aromatic heterocycles. The van der Waals surface area contributed by atoms with Crippen LogP contribution in [0.3, 0.4) is 0 Å². The molecule has 3 atom stereocenters. The number of carbonyl (C=O) groups excluding carboxylic acids is 1. The van der Waals surface area contributed by atoms with Gasteiger partial charge < -0.3 is 15.1 Å². The Balaban J connectivity index is 1.36. The lowest BCUT2D eigenvalue weighted by Gasteiger charge is -2.61. The number of piperidine rings is 1. The van der Waals surface area contributed by atoms with Crippen LogP contribution < -0.4 is 0 Å². The third kappa shape index (κ3) is 3.20. The smallest absolute Gasteiger partial charge is 0.229 e. The Morgan fingerprint density at radius 3 is 2.78 bits per heavy atom. The fourth-order valence-electron chi connectivity index (χ4n) is 6.70. The van der Waals surface area contributed by atoms with Gasteiger partial charge in [0.2, 0.25) is 5.91 Å². The van der Waals surface area contributed by atoms with Crippen molar-refractivity contribution in [3.05, 3.63) is 45.9 Å². The molecular formula is C25H31N3O3S. The first-order valence-electron chi connectivity index (χ1n) is 11.9. The largest absolute Gasteiger partial charge is 0.508 e. The summed E-state index contributed by atoms with van der Waals surface area (Å²) in [6.07, 6.45) is 7.68. The minimum atomic E-state index is -0.892. The molecule has 0 radical (unpaired) electrons. The Morgan fingerprint density at radius 1 is 1.19 bits per heavy atom. The molecule has 2 aliphatic heterocycles. The van der Waals surface area contributed by atoms with Crippen LogP contribution in [0.1, 0.15) is 48.2 Å². The summed E-state index contributed by atoms with van der Waals surface area (Å²) in [4.78, 5) is 21.9. The molecule has 0 spiro atoms. The van der Waals surface area contributed by atoms with Gasteiger partial charge in [-0.1, -0.05) is 6.07 Å². The number of nitrogens with zero attached hydrogens (tertiary/aromatic N) is 3. The first-order chi connectivity index (χ1) is 15.5. The molecule has 2 unspecified atom stereocenters. The maximum absolute atomic E-state index is 13.1. The third-order valence-corrected chi connectivity index (χ3v) is 9.35. The SMILES string of the molecule is O=C(Cc1nccs1)N1CCC2(O)C3Cc4ccc(O)cc4[C@]2(CC1)CCN3CC1CC1. The lowest BCUT2D eigenvalue weighted by Crippen LogP contribution is -2.71. The fourth-order valence-corrected chi connectivity index (χ4v) is 7.30. The quantitative estimate of drug-likeness (QED) is 0.745. The van der Waals surface area contributed by atoms with Gasteiger partial charge in [-0.25, -0.2) is 4.98 Å². The summed E-state index contributed by atoms with van der Waals surface area (Å²) in [5.41, 5.74) is 1.05. The molecule has 1 aromatic carbocycles. The van der Waals surface area contributed by atoms with Crippen LogP contribution in [0.25, 0.3) is 0 Å². The predicted molar refractivity (Wildman–Crippen MR) is 123 cm³/mol.